The van der Waals surface area contributed by atoms with Crippen molar-refractivity contribution in [1.82, 2.24) is 5.32 Å². The molecule has 0 fully saturated rings. The van der Waals surface area contributed by atoms with E-state index in [0.717, 1.165) is 116 Å². The Balaban J connectivity index is 5.08. The number of esters is 1. The summed E-state index contributed by atoms with van der Waals surface area (Å²) in [6.45, 7) is 6.77. The Morgan fingerprint density at radius 1 is 0.412 bits per heavy atom. The summed E-state index contributed by atoms with van der Waals surface area (Å²) in [5, 5.41) is 3.03. The van der Waals surface area contributed by atoms with Crippen LogP contribution in [0.15, 0.2) is 109 Å². The number of unbranched alkanes of at least 4 members (excludes halogenated alkanes) is 31. The number of ether oxygens (including phenoxy) is 1. The van der Waals surface area contributed by atoms with Crippen LogP contribution in [0.3, 0.4) is 0 Å². The second kappa shape index (κ2) is 63.7. The topological polar surface area (TPSA) is 114 Å². The van der Waals surface area contributed by atoms with Crippen molar-refractivity contribution in [2.75, 3.05) is 40.9 Å². The van der Waals surface area contributed by atoms with Crippen molar-refractivity contribution in [1.29, 1.82) is 0 Å². The van der Waals surface area contributed by atoms with Crippen LogP contribution >= 0.6 is 7.82 Å². The first-order chi connectivity index (χ1) is 41.4. The summed E-state index contributed by atoms with van der Waals surface area (Å²) in [7, 11) is 1.16. The summed E-state index contributed by atoms with van der Waals surface area (Å²) in [6, 6.07) is -0.907. The number of carbonyl (C=O) groups excluding carboxylic acids is 2. The van der Waals surface area contributed by atoms with E-state index in [0.29, 0.717) is 23.9 Å². The van der Waals surface area contributed by atoms with E-state index >= 15 is 0 Å². The average Bonchev–Trinajstić information content (AvgIpc) is 3.59. The number of quaternary nitrogens is 1. The van der Waals surface area contributed by atoms with Crippen LogP contribution in [0, 0.1) is 0 Å². The van der Waals surface area contributed by atoms with Gasteiger partial charge in [-0.2, -0.15) is 0 Å². The fraction of sp³-hybridized carbons (Fsp3) is 0.733. The van der Waals surface area contributed by atoms with Crippen molar-refractivity contribution in [3.05, 3.63) is 109 Å². The molecule has 9 nitrogen and oxygen atoms in total. The van der Waals surface area contributed by atoms with E-state index in [2.05, 4.69) is 123 Å². The molecule has 3 unspecified atom stereocenters. The highest BCUT2D eigenvalue weighted by Gasteiger charge is 2.27. The summed E-state index contributed by atoms with van der Waals surface area (Å²) in [4.78, 5) is 40.1. The molecule has 0 bridgehead atoms. The normalized spacial score (nSPS) is 14.2. The van der Waals surface area contributed by atoms with Crippen molar-refractivity contribution in [2.45, 2.75) is 315 Å². The van der Waals surface area contributed by atoms with E-state index in [-0.39, 0.29) is 24.9 Å². The molecular weight excluding hydrogens is 1070 g/mol. The molecule has 0 aromatic rings. The molecule has 1 amide bonds. The lowest BCUT2D eigenvalue weighted by Crippen LogP contribution is -2.47. The van der Waals surface area contributed by atoms with Crippen LogP contribution in [0.1, 0.15) is 303 Å². The minimum absolute atomic E-state index is 0.0316. The van der Waals surface area contributed by atoms with E-state index in [1.807, 2.05) is 33.3 Å². The number of carbonyl (C=O) groups is 2. The fourth-order valence-electron chi connectivity index (χ4n) is 9.72. The summed E-state index contributed by atoms with van der Waals surface area (Å²) < 4.78 is 30.4. The van der Waals surface area contributed by atoms with Crippen LogP contribution in [-0.4, -0.2) is 69.4 Å². The summed E-state index contributed by atoms with van der Waals surface area (Å²) >= 11 is 0. The van der Waals surface area contributed by atoms with Crippen molar-refractivity contribution in [3.63, 3.8) is 0 Å². The number of phosphoric ester groups is 1. The van der Waals surface area contributed by atoms with Crippen molar-refractivity contribution in [2.24, 2.45) is 0 Å². The predicted molar refractivity (Wildman–Crippen MR) is 367 cm³/mol. The highest BCUT2D eigenvalue weighted by atomic mass is 31.2. The maximum Gasteiger partial charge on any atom is 0.306 e. The molecule has 0 aromatic carbocycles. The number of hydrogen-bond donors (Lipinski definition) is 1. The molecule has 0 saturated carbocycles. The molecule has 1 N–H and O–H groups in total. The van der Waals surface area contributed by atoms with Crippen LogP contribution in [0.25, 0.3) is 0 Å². The molecule has 0 aliphatic heterocycles. The Labute approximate surface area is 525 Å². The van der Waals surface area contributed by atoms with Crippen molar-refractivity contribution in [3.8, 4) is 0 Å². The molecule has 0 rings (SSSR count). The zero-order chi connectivity index (χ0) is 62.1. The summed E-state index contributed by atoms with van der Waals surface area (Å²) in [5.74, 6) is -0.566. The second-order valence-electron chi connectivity index (χ2n) is 24.7. The van der Waals surface area contributed by atoms with Crippen molar-refractivity contribution >= 4 is 19.7 Å². The number of allylic oxidation sites excluding steroid dienone is 17. The Morgan fingerprint density at radius 2 is 0.718 bits per heavy atom. The van der Waals surface area contributed by atoms with E-state index in [9.17, 15) is 19.0 Å². The average molecular weight is 1210 g/mol. The van der Waals surface area contributed by atoms with Crippen molar-refractivity contribution < 1.29 is 37.3 Å². The first-order valence-corrected chi connectivity index (χ1v) is 36.7. The highest BCUT2D eigenvalue weighted by molar-refractivity contribution is 7.45. The Bertz CT molecular complexity index is 1820. The zero-order valence-corrected chi connectivity index (χ0v) is 56.9. The van der Waals surface area contributed by atoms with E-state index in [1.54, 1.807) is 0 Å². The minimum Gasteiger partial charge on any atom is -0.756 e. The molecule has 0 spiro atoms. The van der Waals surface area contributed by atoms with Crippen LogP contribution in [0.2, 0.25) is 0 Å². The molecule has 0 aromatic heterocycles. The van der Waals surface area contributed by atoms with Crippen LogP contribution < -0.4 is 10.2 Å². The molecule has 0 radical (unpaired) electrons. The fourth-order valence-corrected chi connectivity index (χ4v) is 10.4. The molecule has 0 aliphatic rings. The molecule has 0 heterocycles. The maximum atomic E-state index is 13.6. The van der Waals surface area contributed by atoms with Gasteiger partial charge >= 0.3 is 5.97 Å². The second-order valence-corrected chi connectivity index (χ2v) is 26.1. The Morgan fingerprint density at radius 3 is 1.09 bits per heavy atom. The first-order valence-electron chi connectivity index (χ1n) is 35.2. The number of nitrogens with one attached hydrogen (secondary N) is 1. The third kappa shape index (κ3) is 65.0. The van der Waals surface area contributed by atoms with Gasteiger partial charge in [-0.05, 0) is 122 Å². The lowest BCUT2D eigenvalue weighted by Gasteiger charge is -2.30. The third-order valence-electron chi connectivity index (χ3n) is 15.2. The summed E-state index contributed by atoms with van der Waals surface area (Å²) in [5.41, 5.74) is 0. The molecule has 0 saturated heterocycles. The SMILES string of the molecule is CCCCC/C=C\C/C=C\C/C=C\C/C=C\CCCCCCCCCCCCCC(=O)OC(/C=C\CCCCCCCCCCC)C(COP(=O)([O-])OCC[N+](C)(C)C)NC(=O)CCCCCCC/C=C\C/C=C\C/C=C\C/C=C\CCCCC. The van der Waals surface area contributed by atoms with Crippen LogP contribution in [0.4, 0.5) is 0 Å². The monoisotopic (exact) mass is 1200 g/mol. The lowest BCUT2D eigenvalue weighted by molar-refractivity contribution is -0.870. The minimum atomic E-state index is -4.72. The van der Waals surface area contributed by atoms with Gasteiger partial charge in [0.05, 0.1) is 33.8 Å². The quantitative estimate of drug-likeness (QED) is 0.0212. The molecule has 85 heavy (non-hydrogen) atoms. The largest absolute Gasteiger partial charge is 0.756 e. The molecule has 490 valence electrons. The van der Waals surface area contributed by atoms with Crippen LogP contribution in [-0.2, 0) is 27.9 Å². The molecule has 0 aliphatic carbocycles. The number of hydrogen-bond acceptors (Lipinski definition) is 7. The number of rotatable bonds is 63. The van der Waals surface area contributed by atoms with Gasteiger partial charge in [0.15, 0.2) is 0 Å². The lowest BCUT2D eigenvalue weighted by atomic mass is 10.0. The molecule has 10 heteroatoms. The van der Waals surface area contributed by atoms with Gasteiger partial charge in [0.2, 0.25) is 5.91 Å². The van der Waals surface area contributed by atoms with Gasteiger partial charge in [0, 0.05) is 12.8 Å². The van der Waals surface area contributed by atoms with Gasteiger partial charge in [-0.25, -0.2) is 0 Å². The maximum absolute atomic E-state index is 13.6. The number of amides is 1. The number of likely N-dealkylation sites (N-methyl/N-ethyl adjacent to an activating group) is 1. The van der Waals surface area contributed by atoms with Gasteiger partial charge in [-0.3, -0.25) is 14.2 Å². The van der Waals surface area contributed by atoms with Gasteiger partial charge in [0.25, 0.3) is 7.82 Å². The van der Waals surface area contributed by atoms with Crippen LogP contribution in [0.5, 0.6) is 0 Å². The van der Waals surface area contributed by atoms with E-state index in [1.165, 1.54) is 148 Å². The predicted octanol–water partition coefficient (Wildman–Crippen LogP) is 21.8. The number of phosphoric acid groups is 1. The van der Waals surface area contributed by atoms with Gasteiger partial charge < -0.3 is 28.5 Å². The number of nitrogens with zero attached hydrogens (tertiary/aromatic N) is 1. The standard InChI is InChI=1S/C75H133N2O7P/c1-7-10-13-16-19-22-25-27-29-31-33-35-36-37-38-39-40-42-44-46-48-50-53-56-59-62-65-68-75(79)84-73(66-63-60-57-54-51-24-21-18-15-12-9-3)72(71-83-85(80,81)82-70-69-77(4,5)6)76-74(78)67-64-61-58-55-52-49-47-45-43-41-34-32-30-28-26-23-20-17-14-11-8-2/h19-20,22-23,27-30,33-35,37-38,41,45,47,63,66,72-73H,7-18,21,24-26,31-32,36,39-40,42-44,46,48-62,64-65,67-71H2,1-6H3,(H-,76,78,80,81)/b22-19-,23-20-,29-27-,30-28-,35-33-,38-37-,41-34-,47-45-,66-63-. The first kappa shape index (κ1) is 81.7. The van der Waals surface area contributed by atoms with E-state index in [4.69, 9.17) is 13.8 Å². The Hall–Kier alpha value is -3.33. The van der Waals surface area contributed by atoms with E-state index < -0.39 is 26.6 Å². The molecular formula is C75H133N2O7P. The van der Waals surface area contributed by atoms with Gasteiger partial charge in [0.1, 0.15) is 19.3 Å². The zero-order valence-electron chi connectivity index (χ0n) is 56.0. The smallest absolute Gasteiger partial charge is 0.306 e. The Kier molecular flexibility index (Phi) is 61.2. The van der Waals surface area contributed by atoms with Gasteiger partial charge in [-0.15, -0.1) is 0 Å². The third-order valence-corrected chi connectivity index (χ3v) is 16.1. The summed E-state index contributed by atoms with van der Waals surface area (Å²) in [6.07, 6.45) is 87.8. The molecule has 3 atom stereocenters. The van der Waals surface area contributed by atoms with Gasteiger partial charge in [-0.1, -0.05) is 278 Å². The highest BCUT2D eigenvalue weighted by Crippen LogP contribution is 2.38.